The van der Waals surface area contributed by atoms with Crippen molar-refractivity contribution in [2.75, 3.05) is 26.2 Å². The Morgan fingerprint density at radius 1 is 0.700 bits per heavy atom. The summed E-state index contributed by atoms with van der Waals surface area (Å²) in [4.78, 5) is 13.7. The second-order valence-corrected chi connectivity index (χ2v) is 9.15. The third kappa shape index (κ3) is 4.53. The van der Waals surface area contributed by atoms with Crippen LogP contribution in [0.2, 0.25) is 0 Å². The van der Waals surface area contributed by atoms with E-state index in [2.05, 4.69) is 73.0 Å². The van der Waals surface area contributed by atoms with Crippen LogP contribution in [0.1, 0.15) is 85.5 Å². The standard InChI is InChI=1S/C27H36N2O/c1-19(23-7-3-5-9-25(23)21-11-15-28-16-12-21)27(30)20(2)24-8-4-6-10-26(24)22-13-17-29-18-14-22/h3-10,19-22,28-29H,11-18H2,1-2H3. The normalized spacial score (nSPS) is 20.6. The van der Waals surface area contributed by atoms with Crippen LogP contribution < -0.4 is 10.6 Å². The van der Waals surface area contributed by atoms with Crippen LogP contribution >= 0.6 is 0 Å². The highest BCUT2D eigenvalue weighted by Crippen LogP contribution is 2.37. The number of benzene rings is 2. The molecule has 0 spiro atoms. The highest BCUT2D eigenvalue weighted by Gasteiger charge is 2.29. The van der Waals surface area contributed by atoms with Gasteiger partial charge in [-0.3, -0.25) is 4.79 Å². The van der Waals surface area contributed by atoms with Crippen LogP contribution in [0.15, 0.2) is 48.5 Å². The van der Waals surface area contributed by atoms with Gasteiger partial charge in [-0.1, -0.05) is 62.4 Å². The van der Waals surface area contributed by atoms with Gasteiger partial charge in [0.15, 0.2) is 0 Å². The quantitative estimate of drug-likeness (QED) is 0.704. The van der Waals surface area contributed by atoms with Gasteiger partial charge in [0.25, 0.3) is 0 Å². The zero-order valence-electron chi connectivity index (χ0n) is 18.5. The SMILES string of the molecule is CC(C(=O)C(C)c1ccccc1C1CCNCC1)c1ccccc1C1CCNCC1. The molecule has 160 valence electrons. The van der Waals surface area contributed by atoms with Gasteiger partial charge in [-0.05, 0) is 86.0 Å². The molecule has 2 atom stereocenters. The van der Waals surface area contributed by atoms with Gasteiger partial charge >= 0.3 is 0 Å². The molecular weight excluding hydrogens is 368 g/mol. The summed E-state index contributed by atoms with van der Waals surface area (Å²) in [6.07, 6.45) is 4.64. The lowest BCUT2D eigenvalue weighted by atomic mass is 9.77. The molecule has 2 aromatic rings. The Kier molecular flexibility index (Phi) is 7.01. The second-order valence-electron chi connectivity index (χ2n) is 9.15. The lowest BCUT2D eigenvalue weighted by Crippen LogP contribution is -2.28. The lowest BCUT2D eigenvalue weighted by Gasteiger charge is -2.29. The molecule has 0 bridgehead atoms. The van der Waals surface area contributed by atoms with E-state index in [-0.39, 0.29) is 11.8 Å². The van der Waals surface area contributed by atoms with E-state index in [1.165, 1.54) is 22.3 Å². The van der Waals surface area contributed by atoms with E-state index in [0.29, 0.717) is 17.6 Å². The molecule has 4 rings (SSSR count). The van der Waals surface area contributed by atoms with Gasteiger partial charge in [-0.15, -0.1) is 0 Å². The van der Waals surface area contributed by atoms with Crippen molar-refractivity contribution in [1.29, 1.82) is 0 Å². The Hall–Kier alpha value is -1.97. The number of carbonyl (C=O) groups is 1. The van der Waals surface area contributed by atoms with Gasteiger partial charge in [-0.2, -0.15) is 0 Å². The third-order valence-electron chi connectivity index (χ3n) is 7.34. The number of carbonyl (C=O) groups excluding carboxylic acids is 1. The molecular formula is C27H36N2O. The maximum Gasteiger partial charge on any atom is 0.147 e. The van der Waals surface area contributed by atoms with Gasteiger partial charge in [0.05, 0.1) is 0 Å². The molecule has 3 heteroatoms. The third-order valence-corrected chi connectivity index (χ3v) is 7.34. The molecule has 0 aromatic heterocycles. The Morgan fingerprint density at radius 3 is 1.47 bits per heavy atom. The fourth-order valence-electron chi connectivity index (χ4n) is 5.50. The van der Waals surface area contributed by atoms with Crippen molar-refractivity contribution in [2.45, 2.75) is 63.2 Å². The largest absolute Gasteiger partial charge is 0.317 e. The summed E-state index contributed by atoms with van der Waals surface area (Å²) in [7, 11) is 0. The first-order valence-corrected chi connectivity index (χ1v) is 11.8. The van der Waals surface area contributed by atoms with Gasteiger partial charge in [0, 0.05) is 11.8 Å². The number of rotatable bonds is 6. The molecule has 2 aliphatic rings. The first-order chi connectivity index (χ1) is 14.7. The van der Waals surface area contributed by atoms with Crippen LogP contribution in [-0.2, 0) is 4.79 Å². The smallest absolute Gasteiger partial charge is 0.147 e. The van der Waals surface area contributed by atoms with Gasteiger partial charge in [0.2, 0.25) is 0 Å². The molecule has 2 aromatic carbocycles. The zero-order chi connectivity index (χ0) is 20.9. The molecule has 0 amide bonds. The van der Waals surface area contributed by atoms with Crippen molar-refractivity contribution in [3.05, 3.63) is 70.8 Å². The minimum Gasteiger partial charge on any atom is -0.317 e. The zero-order valence-corrected chi connectivity index (χ0v) is 18.5. The highest BCUT2D eigenvalue weighted by atomic mass is 16.1. The summed E-state index contributed by atoms with van der Waals surface area (Å²) < 4.78 is 0. The number of Topliss-reactive ketones (excluding diaryl/α,β-unsaturated/α-hetero) is 1. The summed E-state index contributed by atoms with van der Waals surface area (Å²) in [5.74, 6) is 1.32. The molecule has 0 saturated carbocycles. The molecule has 0 aliphatic carbocycles. The summed E-state index contributed by atoms with van der Waals surface area (Å²) in [5.41, 5.74) is 5.25. The summed E-state index contributed by atoms with van der Waals surface area (Å²) in [6, 6.07) is 17.3. The fourth-order valence-corrected chi connectivity index (χ4v) is 5.50. The number of ketones is 1. The van der Waals surface area contributed by atoms with E-state index in [1.807, 2.05) is 0 Å². The van der Waals surface area contributed by atoms with Crippen LogP contribution in [0.3, 0.4) is 0 Å². The topological polar surface area (TPSA) is 41.1 Å². The van der Waals surface area contributed by atoms with Crippen molar-refractivity contribution >= 4 is 5.78 Å². The summed E-state index contributed by atoms with van der Waals surface area (Å²) in [5, 5.41) is 6.92. The van der Waals surface area contributed by atoms with Crippen LogP contribution in [0.25, 0.3) is 0 Å². The summed E-state index contributed by atoms with van der Waals surface area (Å²) in [6.45, 7) is 8.52. The van der Waals surface area contributed by atoms with Gasteiger partial charge in [0.1, 0.15) is 5.78 Å². The lowest BCUT2D eigenvalue weighted by molar-refractivity contribution is -0.121. The molecule has 2 unspecified atom stereocenters. The van der Waals surface area contributed by atoms with Crippen LogP contribution in [0, 0.1) is 0 Å². The Morgan fingerprint density at radius 2 is 1.07 bits per heavy atom. The average molecular weight is 405 g/mol. The number of piperidine rings is 2. The Labute approximate surface area is 181 Å². The van der Waals surface area contributed by atoms with Gasteiger partial charge < -0.3 is 10.6 Å². The molecule has 2 saturated heterocycles. The van der Waals surface area contributed by atoms with Crippen molar-refractivity contribution < 1.29 is 4.79 Å². The predicted octanol–water partition coefficient (Wildman–Crippen LogP) is 5.10. The number of hydrogen-bond donors (Lipinski definition) is 2. The Balaban J connectivity index is 1.58. The van der Waals surface area contributed by atoms with Crippen LogP contribution in [0.5, 0.6) is 0 Å². The minimum absolute atomic E-state index is 0.0767. The number of hydrogen-bond acceptors (Lipinski definition) is 3. The van der Waals surface area contributed by atoms with E-state index in [0.717, 1.165) is 51.9 Å². The fraction of sp³-hybridized carbons (Fsp3) is 0.519. The van der Waals surface area contributed by atoms with Crippen molar-refractivity contribution in [3.63, 3.8) is 0 Å². The van der Waals surface area contributed by atoms with E-state index in [4.69, 9.17) is 0 Å². The maximum atomic E-state index is 13.7. The molecule has 3 nitrogen and oxygen atoms in total. The molecule has 2 aliphatic heterocycles. The molecule has 2 N–H and O–H groups in total. The van der Waals surface area contributed by atoms with Crippen molar-refractivity contribution in [1.82, 2.24) is 10.6 Å². The number of nitrogens with one attached hydrogen (secondary N) is 2. The van der Waals surface area contributed by atoms with Crippen molar-refractivity contribution in [2.24, 2.45) is 0 Å². The van der Waals surface area contributed by atoms with Crippen LogP contribution in [-0.4, -0.2) is 32.0 Å². The minimum atomic E-state index is -0.0767. The maximum absolute atomic E-state index is 13.7. The monoisotopic (exact) mass is 404 g/mol. The first kappa shape index (κ1) is 21.3. The molecule has 30 heavy (non-hydrogen) atoms. The van der Waals surface area contributed by atoms with E-state index < -0.39 is 0 Å². The van der Waals surface area contributed by atoms with E-state index in [9.17, 15) is 4.79 Å². The predicted molar refractivity (Wildman–Crippen MR) is 124 cm³/mol. The molecule has 2 fully saturated rings. The van der Waals surface area contributed by atoms with E-state index in [1.54, 1.807) is 0 Å². The molecule has 2 heterocycles. The van der Waals surface area contributed by atoms with Gasteiger partial charge in [-0.25, -0.2) is 0 Å². The Bertz CT molecular complexity index is 780. The summed E-state index contributed by atoms with van der Waals surface area (Å²) >= 11 is 0. The highest BCUT2D eigenvalue weighted by molar-refractivity contribution is 5.91. The average Bonchev–Trinajstić information content (AvgIpc) is 2.84. The first-order valence-electron chi connectivity index (χ1n) is 11.8. The molecule has 0 radical (unpaired) electrons. The van der Waals surface area contributed by atoms with Crippen LogP contribution in [0.4, 0.5) is 0 Å². The van der Waals surface area contributed by atoms with Crippen molar-refractivity contribution in [3.8, 4) is 0 Å². The second kappa shape index (κ2) is 9.89. The van der Waals surface area contributed by atoms with E-state index >= 15 is 0 Å².